The maximum absolute atomic E-state index is 4.73. The zero-order valence-electron chi connectivity index (χ0n) is 14.2. The molecule has 1 aromatic heterocycles. The largest absolute Gasteiger partial charge is 0.310 e. The molecule has 0 aliphatic carbocycles. The van der Waals surface area contributed by atoms with Crippen LogP contribution in [-0.4, -0.2) is 29.5 Å². The fourth-order valence-electron chi connectivity index (χ4n) is 2.02. The van der Waals surface area contributed by atoms with Crippen LogP contribution in [0.4, 0.5) is 0 Å². The van der Waals surface area contributed by atoms with Crippen molar-refractivity contribution >= 4 is 11.3 Å². The third kappa shape index (κ3) is 5.90. The molecular formula is C16H31N3S. The molecule has 0 radical (unpaired) electrons. The lowest BCUT2D eigenvalue weighted by Gasteiger charge is -2.35. The quantitative estimate of drug-likeness (QED) is 0.830. The molecule has 0 amide bonds. The fraction of sp³-hybridized carbons (Fsp3) is 0.812. The maximum atomic E-state index is 4.73. The Bertz CT molecular complexity index is 393. The monoisotopic (exact) mass is 297 g/mol. The molecule has 0 saturated carbocycles. The van der Waals surface area contributed by atoms with E-state index in [-0.39, 0.29) is 0 Å². The summed E-state index contributed by atoms with van der Waals surface area (Å²) in [7, 11) is 2.19. The molecule has 0 bridgehead atoms. The van der Waals surface area contributed by atoms with Crippen molar-refractivity contribution in [2.75, 3.05) is 13.6 Å². The molecule has 1 N–H and O–H groups in total. The molecule has 20 heavy (non-hydrogen) atoms. The molecule has 1 aromatic rings. The standard InChI is InChI=1S/C16H31N3S/c1-12(2)8-17-9-15-18-14(11-20-15)10-19(7)13(3)16(4,5)6/h11-13,17H,8-10H2,1-7H3. The Hall–Kier alpha value is -0.450. The van der Waals surface area contributed by atoms with Crippen LogP contribution in [0, 0.1) is 11.3 Å². The molecule has 0 aliphatic heterocycles. The summed E-state index contributed by atoms with van der Waals surface area (Å²) in [6.07, 6.45) is 0. The molecule has 0 saturated heterocycles. The van der Waals surface area contributed by atoms with Crippen LogP contribution in [0.25, 0.3) is 0 Å². The van der Waals surface area contributed by atoms with Crippen molar-refractivity contribution < 1.29 is 0 Å². The molecule has 1 atom stereocenters. The van der Waals surface area contributed by atoms with Gasteiger partial charge in [0.25, 0.3) is 0 Å². The van der Waals surface area contributed by atoms with Crippen LogP contribution < -0.4 is 5.32 Å². The Balaban J connectivity index is 2.47. The molecule has 1 unspecified atom stereocenters. The Morgan fingerprint density at radius 2 is 1.95 bits per heavy atom. The van der Waals surface area contributed by atoms with E-state index in [1.54, 1.807) is 11.3 Å². The molecule has 0 spiro atoms. The minimum atomic E-state index is 0.298. The number of hydrogen-bond donors (Lipinski definition) is 1. The number of hydrogen-bond acceptors (Lipinski definition) is 4. The van der Waals surface area contributed by atoms with E-state index in [9.17, 15) is 0 Å². The van der Waals surface area contributed by atoms with Gasteiger partial charge in [-0.3, -0.25) is 4.90 Å². The van der Waals surface area contributed by atoms with Crippen LogP contribution in [0.15, 0.2) is 5.38 Å². The summed E-state index contributed by atoms with van der Waals surface area (Å²) in [5.41, 5.74) is 1.49. The Kier molecular flexibility index (Phi) is 6.62. The summed E-state index contributed by atoms with van der Waals surface area (Å²) in [6.45, 7) is 16.5. The summed E-state index contributed by atoms with van der Waals surface area (Å²) in [5.74, 6) is 0.688. The Morgan fingerprint density at radius 3 is 2.50 bits per heavy atom. The van der Waals surface area contributed by atoms with Gasteiger partial charge in [0, 0.05) is 24.5 Å². The van der Waals surface area contributed by atoms with E-state index in [4.69, 9.17) is 4.98 Å². The number of nitrogens with one attached hydrogen (secondary N) is 1. The first kappa shape index (κ1) is 17.6. The second-order valence-corrected chi connectivity index (χ2v) is 8.16. The van der Waals surface area contributed by atoms with E-state index >= 15 is 0 Å². The van der Waals surface area contributed by atoms with Gasteiger partial charge in [0.05, 0.1) is 5.69 Å². The first-order chi connectivity index (χ1) is 9.20. The summed E-state index contributed by atoms with van der Waals surface area (Å²) >= 11 is 1.76. The van der Waals surface area contributed by atoms with Crippen molar-refractivity contribution in [3.05, 3.63) is 16.1 Å². The van der Waals surface area contributed by atoms with Crippen molar-refractivity contribution in [1.29, 1.82) is 0 Å². The summed E-state index contributed by atoms with van der Waals surface area (Å²) in [6, 6.07) is 0.534. The van der Waals surface area contributed by atoms with Gasteiger partial charge in [-0.25, -0.2) is 4.98 Å². The fourth-order valence-corrected chi connectivity index (χ4v) is 2.78. The van der Waals surface area contributed by atoms with Crippen molar-refractivity contribution in [2.45, 2.75) is 60.7 Å². The highest BCUT2D eigenvalue weighted by Crippen LogP contribution is 2.24. The van der Waals surface area contributed by atoms with E-state index in [1.165, 1.54) is 10.7 Å². The van der Waals surface area contributed by atoms with Gasteiger partial charge in [0.1, 0.15) is 5.01 Å². The van der Waals surface area contributed by atoms with E-state index in [0.29, 0.717) is 17.4 Å². The molecule has 3 nitrogen and oxygen atoms in total. The lowest BCUT2D eigenvalue weighted by atomic mass is 9.87. The molecule has 116 valence electrons. The first-order valence-electron chi connectivity index (χ1n) is 7.54. The molecule has 0 aromatic carbocycles. The lowest BCUT2D eigenvalue weighted by molar-refractivity contribution is 0.133. The second-order valence-electron chi connectivity index (χ2n) is 7.21. The summed E-state index contributed by atoms with van der Waals surface area (Å²) < 4.78 is 0. The zero-order valence-corrected chi connectivity index (χ0v) is 15.0. The summed E-state index contributed by atoms with van der Waals surface area (Å²) in [5, 5.41) is 6.83. The van der Waals surface area contributed by atoms with Crippen LogP contribution in [0.3, 0.4) is 0 Å². The number of nitrogens with zero attached hydrogens (tertiary/aromatic N) is 2. The lowest BCUT2D eigenvalue weighted by Crippen LogP contribution is -2.38. The Labute approximate surface area is 128 Å². The first-order valence-corrected chi connectivity index (χ1v) is 8.42. The molecule has 1 heterocycles. The average molecular weight is 298 g/mol. The van der Waals surface area contributed by atoms with Gasteiger partial charge in [-0.05, 0) is 31.8 Å². The van der Waals surface area contributed by atoms with E-state index < -0.39 is 0 Å². The van der Waals surface area contributed by atoms with Gasteiger partial charge in [0.15, 0.2) is 0 Å². The normalized spacial score (nSPS) is 14.2. The van der Waals surface area contributed by atoms with Crippen LogP contribution in [0.1, 0.15) is 52.2 Å². The van der Waals surface area contributed by atoms with Gasteiger partial charge in [-0.1, -0.05) is 34.6 Å². The third-order valence-corrected chi connectivity index (χ3v) is 4.65. The van der Waals surface area contributed by atoms with Crippen molar-refractivity contribution in [3.8, 4) is 0 Å². The van der Waals surface area contributed by atoms with Crippen LogP contribution in [0.2, 0.25) is 0 Å². The van der Waals surface area contributed by atoms with Gasteiger partial charge in [-0.2, -0.15) is 0 Å². The SMILES string of the molecule is CC(C)CNCc1nc(CN(C)C(C)C(C)(C)C)cs1. The van der Waals surface area contributed by atoms with E-state index in [1.807, 2.05) is 0 Å². The number of aromatic nitrogens is 1. The van der Waals surface area contributed by atoms with Gasteiger partial charge in [-0.15, -0.1) is 11.3 Å². The average Bonchev–Trinajstić information content (AvgIpc) is 2.74. The number of rotatable bonds is 7. The van der Waals surface area contributed by atoms with Gasteiger partial charge in [0.2, 0.25) is 0 Å². The topological polar surface area (TPSA) is 28.2 Å². The smallest absolute Gasteiger partial charge is 0.107 e. The van der Waals surface area contributed by atoms with Gasteiger partial charge >= 0.3 is 0 Å². The van der Waals surface area contributed by atoms with E-state index in [2.05, 4.69) is 64.2 Å². The van der Waals surface area contributed by atoms with Crippen molar-refractivity contribution in [2.24, 2.45) is 11.3 Å². The highest BCUT2D eigenvalue weighted by molar-refractivity contribution is 7.09. The molecular weight excluding hydrogens is 266 g/mol. The zero-order chi connectivity index (χ0) is 15.3. The minimum Gasteiger partial charge on any atom is -0.310 e. The van der Waals surface area contributed by atoms with Crippen LogP contribution in [0.5, 0.6) is 0 Å². The van der Waals surface area contributed by atoms with E-state index in [0.717, 1.165) is 19.6 Å². The highest BCUT2D eigenvalue weighted by atomic mass is 32.1. The predicted octanol–water partition coefficient (Wildman–Crippen LogP) is 3.76. The Morgan fingerprint density at radius 1 is 1.30 bits per heavy atom. The summed E-state index contributed by atoms with van der Waals surface area (Å²) in [4.78, 5) is 7.12. The van der Waals surface area contributed by atoms with Crippen molar-refractivity contribution in [1.82, 2.24) is 15.2 Å². The maximum Gasteiger partial charge on any atom is 0.107 e. The predicted molar refractivity (Wildman–Crippen MR) is 89.0 cm³/mol. The molecule has 1 rings (SSSR count). The number of thiazole rings is 1. The minimum absolute atomic E-state index is 0.298. The third-order valence-electron chi connectivity index (χ3n) is 3.75. The second kappa shape index (κ2) is 7.53. The van der Waals surface area contributed by atoms with Crippen LogP contribution >= 0.6 is 11.3 Å². The molecule has 4 heteroatoms. The van der Waals surface area contributed by atoms with Crippen molar-refractivity contribution in [3.63, 3.8) is 0 Å². The van der Waals surface area contributed by atoms with Gasteiger partial charge < -0.3 is 5.32 Å². The van der Waals surface area contributed by atoms with Crippen LogP contribution in [-0.2, 0) is 13.1 Å². The highest BCUT2D eigenvalue weighted by Gasteiger charge is 2.24. The molecule has 0 aliphatic rings. The molecule has 0 fully saturated rings.